The highest BCUT2D eigenvalue weighted by atomic mass is 32.2. The van der Waals surface area contributed by atoms with Gasteiger partial charge in [-0.3, -0.25) is 4.79 Å². The number of hydrogen-bond donors (Lipinski definition) is 2. The van der Waals surface area contributed by atoms with Crippen molar-refractivity contribution >= 4 is 15.9 Å². The molecule has 2 fully saturated rings. The van der Waals surface area contributed by atoms with Gasteiger partial charge in [0.05, 0.1) is 4.90 Å². The first-order chi connectivity index (χ1) is 10.9. The Labute approximate surface area is 137 Å². The van der Waals surface area contributed by atoms with E-state index in [1.54, 1.807) is 17.0 Å². The van der Waals surface area contributed by atoms with Gasteiger partial charge in [0.2, 0.25) is 10.0 Å². The fourth-order valence-electron chi connectivity index (χ4n) is 3.05. The average Bonchev–Trinajstić information content (AvgIpc) is 3.25. The molecule has 0 aromatic heterocycles. The third-order valence-corrected chi connectivity index (χ3v) is 6.06. The summed E-state index contributed by atoms with van der Waals surface area (Å²) in [6.07, 6.45) is 2.65. The summed E-state index contributed by atoms with van der Waals surface area (Å²) in [5, 5.41) is 0. The lowest BCUT2D eigenvalue weighted by Crippen LogP contribution is -2.34. The van der Waals surface area contributed by atoms with Crippen LogP contribution in [0.5, 0.6) is 0 Å². The molecule has 23 heavy (non-hydrogen) atoms. The molecule has 1 heterocycles. The minimum Gasteiger partial charge on any atom is -0.336 e. The van der Waals surface area contributed by atoms with Crippen LogP contribution in [0.4, 0.5) is 0 Å². The van der Waals surface area contributed by atoms with E-state index >= 15 is 0 Å². The summed E-state index contributed by atoms with van der Waals surface area (Å²) in [7, 11) is -3.55. The minimum absolute atomic E-state index is 0.0447. The molecule has 1 aliphatic carbocycles. The van der Waals surface area contributed by atoms with Crippen molar-refractivity contribution in [2.75, 3.05) is 13.1 Å². The molecule has 7 heteroatoms. The minimum atomic E-state index is -3.55. The first kappa shape index (κ1) is 16.4. The third kappa shape index (κ3) is 3.57. The third-order valence-electron chi connectivity index (χ3n) is 4.55. The second-order valence-electron chi connectivity index (χ2n) is 6.57. The van der Waals surface area contributed by atoms with Crippen molar-refractivity contribution in [2.45, 2.75) is 43.2 Å². The number of benzene rings is 1. The predicted molar refractivity (Wildman–Crippen MR) is 87.4 cm³/mol. The molecule has 2 unspecified atom stereocenters. The van der Waals surface area contributed by atoms with Crippen LogP contribution >= 0.6 is 0 Å². The molecule has 126 valence electrons. The van der Waals surface area contributed by atoms with Crippen molar-refractivity contribution in [3.63, 3.8) is 0 Å². The summed E-state index contributed by atoms with van der Waals surface area (Å²) in [5.74, 6) is 0.189. The van der Waals surface area contributed by atoms with Crippen LogP contribution in [0.1, 0.15) is 36.5 Å². The van der Waals surface area contributed by atoms with Crippen LogP contribution in [0.15, 0.2) is 29.2 Å². The number of amides is 1. The highest BCUT2D eigenvalue weighted by molar-refractivity contribution is 7.89. The van der Waals surface area contributed by atoms with Gasteiger partial charge in [-0.05, 0) is 56.8 Å². The summed E-state index contributed by atoms with van der Waals surface area (Å²) >= 11 is 0. The maximum absolute atomic E-state index is 12.7. The van der Waals surface area contributed by atoms with Crippen molar-refractivity contribution in [2.24, 2.45) is 11.7 Å². The van der Waals surface area contributed by atoms with Gasteiger partial charge in [0.15, 0.2) is 0 Å². The molecular formula is C16H23N3O3S. The number of rotatable bonds is 5. The van der Waals surface area contributed by atoms with Crippen LogP contribution in [0, 0.1) is 5.92 Å². The molecule has 3 N–H and O–H groups in total. The Bertz CT molecular complexity index is 700. The lowest BCUT2D eigenvalue weighted by Gasteiger charge is -2.21. The number of carbonyl (C=O) groups excluding carboxylic acids is 1. The Kier molecular flexibility index (Phi) is 4.44. The van der Waals surface area contributed by atoms with Crippen LogP contribution in [0.3, 0.4) is 0 Å². The lowest BCUT2D eigenvalue weighted by atomic mass is 10.1. The van der Waals surface area contributed by atoms with Gasteiger partial charge < -0.3 is 10.6 Å². The Balaban J connectivity index is 1.80. The first-order valence-electron chi connectivity index (χ1n) is 8.04. The Morgan fingerprint density at radius 3 is 2.74 bits per heavy atom. The van der Waals surface area contributed by atoms with Crippen molar-refractivity contribution in [3.8, 4) is 0 Å². The largest absolute Gasteiger partial charge is 0.336 e. The van der Waals surface area contributed by atoms with Crippen LogP contribution in [0.2, 0.25) is 0 Å². The zero-order valence-corrected chi connectivity index (χ0v) is 14.1. The quantitative estimate of drug-likeness (QED) is 0.836. The fourth-order valence-corrected chi connectivity index (χ4v) is 4.40. The summed E-state index contributed by atoms with van der Waals surface area (Å²) in [6, 6.07) is 6.45. The van der Waals surface area contributed by atoms with Gasteiger partial charge in [0.25, 0.3) is 5.91 Å². The number of sulfonamides is 1. The van der Waals surface area contributed by atoms with Crippen LogP contribution < -0.4 is 10.5 Å². The van der Waals surface area contributed by atoms with E-state index < -0.39 is 10.0 Å². The summed E-state index contributed by atoms with van der Waals surface area (Å²) in [4.78, 5) is 14.6. The van der Waals surface area contributed by atoms with Crippen molar-refractivity contribution in [1.29, 1.82) is 0 Å². The van der Waals surface area contributed by atoms with Crippen LogP contribution in [-0.4, -0.2) is 44.4 Å². The average molecular weight is 337 g/mol. The van der Waals surface area contributed by atoms with E-state index in [9.17, 15) is 13.2 Å². The van der Waals surface area contributed by atoms with E-state index in [0.717, 1.165) is 19.3 Å². The number of nitrogens with two attached hydrogens (primary N) is 1. The highest BCUT2D eigenvalue weighted by Gasteiger charge is 2.33. The molecule has 2 atom stereocenters. The normalized spacial score (nSPS) is 24.9. The lowest BCUT2D eigenvalue weighted by molar-refractivity contribution is 0.0743. The molecule has 0 bridgehead atoms. The van der Waals surface area contributed by atoms with Crippen molar-refractivity contribution < 1.29 is 13.2 Å². The van der Waals surface area contributed by atoms with E-state index in [2.05, 4.69) is 4.72 Å². The zero-order valence-electron chi connectivity index (χ0n) is 13.2. The fraction of sp³-hybridized carbons (Fsp3) is 0.562. The van der Waals surface area contributed by atoms with Gasteiger partial charge >= 0.3 is 0 Å². The Morgan fingerprint density at radius 1 is 1.39 bits per heavy atom. The second kappa shape index (κ2) is 6.22. The number of hydrogen-bond acceptors (Lipinski definition) is 4. The van der Waals surface area contributed by atoms with Gasteiger partial charge in [0, 0.05) is 24.2 Å². The second-order valence-corrected chi connectivity index (χ2v) is 8.28. The van der Waals surface area contributed by atoms with Gasteiger partial charge in [-0.1, -0.05) is 6.07 Å². The maximum atomic E-state index is 12.7. The van der Waals surface area contributed by atoms with E-state index in [0.29, 0.717) is 24.6 Å². The van der Waals surface area contributed by atoms with Gasteiger partial charge in [-0.15, -0.1) is 0 Å². The molecule has 1 saturated heterocycles. The van der Waals surface area contributed by atoms with Crippen LogP contribution in [0.25, 0.3) is 0 Å². The van der Waals surface area contributed by atoms with Crippen molar-refractivity contribution in [3.05, 3.63) is 29.8 Å². The SMILES string of the molecule is CC1CC(CN)CN1C(=O)c1cccc(S(=O)(=O)NC2CC2)c1. The molecule has 6 nitrogen and oxygen atoms in total. The molecule has 1 saturated carbocycles. The van der Waals surface area contributed by atoms with E-state index in [1.807, 2.05) is 6.92 Å². The molecule has 1 aliphatic heterocycles. The summed E-state index contributed by atoms with van der Waals surface area (Å²) in [6.45, 7) is 3.20. The predicted octanol–water partition coefficient (Wildman–Crippen LogP) is 0.937. The van der Waals surface area contributed by atoms with E-state index in [4.69, 9.17) is 5.73 Å². The standard InChI is InChI=1S/C16H23N3O3S/c1-11-7-12(9-17)10-19(11)16(20)13-3-2-4-15(8-13)23(21,22)18-14-5-6-14/h2-4,8,11-12,14,18H,5-7,9-10,17H2,1H3. The molecular weight excluding hydrogens is 314 g/mol. The number of nitrogens with one attached hydrogen (secondary N) is 1. The number of nitrogens with zero attached hydrogens (tertiary/aromatic N) is 1. The van der Waals surface area contributed by atoms with Gasteiger partial charge in [-0.2, -0.15) is 0 Å². The van der Waals surface area contributed by atoms with Gasteiger partial charge in [-0.25, -0.2) is 13.1 Å². The van der Waals surface area contributed by atoms with E-state index in [-0.39, 0.29) is 22.9 Å². The molecule has 0 radical (unpaired) electrons. The molecule has 1 amide bonds. The Morgan fingerprint density at radius 2 is 2.13 bits per heavy atom. The van der Waals surface area contributed by atoms with E-state index in [1.165, 1.54) is 12.1 Å². The zero-order chi connectivity index (χ0) is 16.6. The molecule has 0 spiro atoms. The molecule has 1 aromatic carbocycles. The smallest absolute Gasteiger partial charge is 0.254 e. The monoisotopic (exact) mass is 337 g/mol. The van der Waals surface area contributed by atoms with Crippen molar-refractivity contribution in [1.82, 2.24) is 9.62 Å². The molecule has 2 aliphatic rings. The first-order valence-corrected chi connectivity index (χ1v) is 9.52. The molecule has 3 rings (SSSR count). The summed E-state index contributed by atoms with van der Waals surface area (Å²) in [5.41, 5.74) is 6.12. The Hall–Kier alpha value is -1.44. The number of carbonyl (C=O) groups is 1. The highest BCUT2D eigenvalue weighted by Crippen LogP contribution is 2.26. The molecule has 1 aromatic rings. The van der Waals surface area contributed by atoms with Crippen LogP contribution in [-0.2, 0) is 10.0 Å². The summed E-state index contributed by atoms with van der Waals surface area (Å²) < 4.78 is 27.2. The van der Waals surface area contributed by atoms with Gasteiger partial charge in [0.1, 0.15) is 0 Å². The number of likely N-dealkylation sites (tertiary alicyclic amines) is 1. The maximum Gasteiger partial charge on any atom is 0.254 e. The topological polar surface area (TPSA) is 92.5 Å².